The molecular weight excluding hydrogens is 366 g/mol. The fourth-order valence-electron chi connectivity index (χ4n) is 3.76. The molecule has 2 amide bonds. The second-order valence-electron chi connectivity index (χ2n) is 7.24. The van der Waals surface area contributed by atoms with Crippen LogP contribution in [0, 0.1) is 0 Å². The number of aromatic nitrogens is 1. The van der Waals surface area contributed by atoms with Crippen molar-refractivity contribution >= 4 is 28.4 Å². The second-order valence-corrected chi connectivity index (χ2v) is 7.24. The number of fused-ring (bicyclic) bond motifs is 1. The SMILES string of the molecule is CC(=O)N[C@H]1CCO[C@@H](c2cccc(NC(=O)c3cccc4ncccc34)c2)C1. The monoisotopic (exact) mass is 389 g/mol. The van der Waals surface area contributed by atoms with Crippen molar-refractivity contribution < 1.29 is 14.3 Å². The van der Waals surface area contributed by atoms with Crippen molar-refractivity contribution in [1.29, 1.82) is 0 Å². The summed E-state index contributed by atoms with van der Waals surface area (Å²) in [5.41, 5.74) is 3.06. The van der Waals surface area contributed by atoms with E-state index in [9.17, 15) is 9.59 Å². The quantitative estimate of drug-likeness (QED) is 0.710. The van der Waals surface area contributed by atoms with Gasteiger partial charge in [-0.1, -0.05) is 24.3 Å². The molecule has 1 aliphatic rings. The molecule has 1 aliphatic heterocycles. The number of hydrogen-bond donors (Lipinski definition) is 2. The van der Waals surface area contributed by atoms with Gasteiger partial charge in [0.2, 0.25) is 5.91 Å². The van der Waals surface area contributed by atoms with Crippen molar-refractivity contribution in [1.82, 2.24) is 10.3 Å². The largest absolute Gasteiger partial charge is 0.373 e. The number of benzene rings is 2. The third-order valence-electron chi connectivity index (χ3n) is 5.10. The van der Waals surface area contributed by atoms with Crippen LogP contribution in [0.4, 0.5) is 5.69 Å². The summed E-state index contributed by atoms with van der Waals surface area (Å²) in [6.45, 7) is 2.12. The van der Waals surface area contributed by atoms with Crippen LogP contribution < -0.4 is 10.6 Å². The number of amides is 2. The van der Waals surface area contributed by atoms with Crippen molar-refractivity contribution in [2.75, 3.05) is 11.9 Å². The molecule has 3 aromatic rings. The predicted octanol–water partition coefficient (Wildman–Crippen LogP) is 3.84. The third kappa shape index (κ3) is 4.43. The number of carbonyl (C=O) groups is 2. The molecule has 2 N–H and O–H groups in total. The van der Waals surface area contributed by atoms with Gasteiger partial charge in [0.15, 0.2) is 0 Å². The summed E-state index contributed by atoms with van der Waals surface area (Å²) in [5.74, 6) is -0.206. The Balaban J connectivity index is 1.51. The molecule has 4 rings (SSSR count). The van der Waals surface area contributed by atoms with E-state index in [1.807, 2.05) is 48.5 Å². The molecule has 2 aromatic carbocycles. The molecule has 1 fully saturated rings. The van der Waals surface area contributed by atoms with Gasteiger partial charge in [-0.05, 0) is 48.7 Å². The number of anilines is 1. The van der Waals surface area contributed by atoms with Gasteiger partial charge in [-0.2, -0.15) is 0 Å². The van der Waals surface area contributed by atoms with Crippen LogP contribution in [0.1, 0.15) is 41.8 Å². The van der Waals surface area contributed by atoms with Crippen LogP contribution in [-0.2, 0) is 9.53 Å². The molecule has 2 heterocycles. The molecule has 0 unspecified atom stereocenters. The molecule has 0 bridgehead atoms. The second kappa shape index (κ2) is 8.41. The summed E-state index contributed by atoms with van der Waals surface area (Å²) in [4.78, 5) is 28.5. The average molecular weight is 389 g/mol. The molecule has 6 heteroatoms. The van der Waals surface area contributed by atoms with Crippen LogP contribution in [-0.4, -0.2) is 29.4 Å². The van der Waals surface area contributed by atoms with E-state index in [-0.39, 0.29) is 24.0 Å². The minimum atomic E-state index is -0.179. The van der Waals surface area contributed by atoms with E-state index in [2.05, 4.69) is 15.6 Å². The minimum absolute atomic E-state index is 0.0266. The first-order chi connectivity index (χ1) is 14.1. The molecular formula is C23H23N3O3. The van der Waals surface area contributed by atoms with Gasteiger partial charge in [0, 0.05) is 42.4 Å². The third-order valence-corrected chi connectivity index (χ3v) is 5.10. The number of carbonyl (C=O) groups excluding carboxylic acids is 2. The lowest BCUT2D eigenvalue weighted by Crippen LogP contribution is -2.38. The Labute approximate surface area is 169 Å². The maximum absolute atomic E-state index is 12.9. The highest BCUT2D eigenvalue weighted by atomic mass is 16.5. The zero-order chi connectivity index (χ0) is 20.2. The van der Waals surface area contributed by atoms with E-state index in [0.717, 1.165) is 22.9 Å². The van der Waals surface area contributed by atoms with Gasteiger partial charge >= 0.3 is 0 Å². The smallest absolute Gasteiger partial charge is 0.256 e. The van der Waals surface area contributed by atoms with Crippen LogP contribution in [0.5, 0.6) is 0 Å². The standard InChI is InChI=1S/C23H23N3O3/c1-15(27)25-18-10-12-29-22(14-18)16-5-2-6-17(13-16)26-23(28)20-7-3-9-21-19(20)8-4-11-24-21/h2-9,11,13,18,22H,10,12,14H2,1H3,(H,25,27)(H,26,28)/t18-,22+/m0/s1. The van der Waals surface area contributed by atoms with Crippen molar-refractivity contribution in [2.45, 2.75) is 31.9 Å². The lowest BCUT2D eigenvalue weighted by Gasteiger charge is -2.30. The Morgan fingerprint density at radius 2 is 1.97 bits per heavy atom. The molecule has 0 spiro atoms. The number of nitrogens with zero attached hydrogens (tertiary/aromatic N) is 1. The first kappa shape index (κ1) is 19.1. The molecule has 1 aromatic heterocycles. The summed E-state index contributed by atoms with van der Waals surface area (Å²) in [6, 6.07) is 17.0. The van der Waals surface area contributed by atoms with E-state index in [1.165, 1.54) is 6.92 Å². The van der Waals surface area contributed by atoms with E-state index in [1.54, 1.807) is 12.3 Å². The maximum Gasteiger partial charge on any atom is 0.256 e. The predicted molar refractivity (Wildman–Crippen MR) is 112 cm³/mol. The summed E-state index contributed by atoms with van der Waals surface area (Å²) in [6.07, 6.45) is 3.12. The first-order valence-corrected chi connectivity index (χ1v) is 9.74. The van der Waals surface area contributed by atoms with Crippen LogP contribution in [0.2, 0.25) is 0 Å². The summed E-state index contributed by atoms with van der Waals surface area (Å²) >= 11 is 0. The van der Waals surface area contributed by atoms with Crippen LogP contribution in [0.3, 0.4) is 0 Å². The van der Waals surface area contributed by atoms with Gasteiger partial charge in [0.05, 0.1) is 11.6 Å². The minimum Gasteiger partial charge on any atom is -0.373 e. The highest BCUT2D eigenvalue weighted by Gasteiger charge is 2.24. The Hall–Kier alpha value is -3.25. The molecule has 29 heavy (non-hydrogen) atoms. The lowest BCUT2D eigenvalue weighted by molar-refractivity contribution is -0.120. The Morgan fingerprint density at radius 3 is 2.83 bits per heavy atom. The van der Waals surface area contributed by atoms with Crippen LogP contribution >= 0.6 is 0 Å². The zero-order valence-electron chi connectivity index (χ0n) is 16.2. The highest BCUT2D eigenvalue weighted by molar-refractivity contribution is 6.12. The van der Waals surface area contributed by atoms with Crippen molar-refractivity contribution in [3.8, 4) is 0 Å². The molecule has 2 atom stereocenters. The lowest BCUT2D eigenvalue weighted by atomic mass is 9.97. The van der Waals surface area contributed by atoms with Gasteiger partial charge in [-0.3, -0.25) is 14.6 Å². The summed E-state index contributed by atoms with van der Waals surface area (Å²) in [5, 5.41) is 6.77. The molecule has 6 nitrogen and oxygen atoms in total. The fraction of sp³-hybridized carbons (Fsp3) is 0.261. The van der Waals surface area contributed by atoms with Gasteiger partial charge in [0.1, 0.15) is 0 Å². The van der Waals surface area contributed by atoms with Gasteiger partial charge in [-0.25, -0.2) is 0 Å². The summed E-state index contributed by atoms with van der Waals surface area (Å²) in [7, 11) is 0. The molecule has 148 valence electrons. The fourth-order valence-corrected chi connectivity index (χ4v) is 3.76. The Morgan fingerprint density at radius 1 is 1.10 bits per heavy atom. The maximum atomic E-state index is 12.9. The topological polar surface area (TPSA) is 80.3 Å². The Bertz CT molecular complexity index is 1040. The number of pyridine rings is 1. The van der Waals surface area contributed by atoms with Gasteiger partial charge in [-0.15, -0.1) is 0 Å². The highest BCUT2D eigenvalue weighted by Crippen LogP contribution is 2.30. The molecule has 0 saturated carbocycles. The average Bonchev–Trinajstić information content (AvgIpc) is 2.73. The van der Waals surface area contributed by atoms with Crippen molar-refractivity contribution in [2.24, 2.45) is 0 Å². The van der Waals surface area contributed by atoms with Crippen molar-refractivity contribution in [3.05, 3.63) is 71.9 Å². The van der Waals surface area contributed by atoms with Crippen LogP contribution in [0.25, 0.3) is 10.9 Å². The van der Waals surface area contributed by atoms with Crippen molar-refractivity contribution in [3.63, 3.8) is 0 Å². The number of ether oxygens (including phenoxy) is 1. The number of hydrogen-bond acceptors (Lipinski definition) is 4. The molecule has 0 aliphatic carbocycles. The number of rotatable bonds is 4. The normalized spacial score (nSPS) is 18.9. The van der Waals surface area contributed by atoms with E-state index in [0.29, 0.717) is 24.3 Å². The van der Waals surface area contributed by atoms with E-state index >= 15 is 0 Å². The van der Waals surface area contributed by atoms with Gasteiger partial charge in [0.25, 0.3) is 5.91 Å². The number of nitrogens with one attached hydrogen (secondary N) is 2. The molecule has 1 saturated heterocycles. The van der Waals surface area contributed by atoms with E-state index < -0.39 is 0 Å². The summed E-state index contributed by atoms with van der Waals surface area (Å²) < 4.78 is 5.91. The zero-order valence-corrected chi connectivity index (χ0v) is 16.2. The molecule has 0 radical (unpaired) electrons. The first-order valence-electron chi connectivity index (χ1n) is 9.74. The van der Waals surface area contributed by atoms with Crippen LogP contribution in [0.15, 0.2) is 60.8 Å². The van der Waals surface area contributed by atoms with Gasteiger partial charge < -0.3 is 15.4 Å². The Kier molecular flexibility index (Phi) is 5.53. The van der Waals surface area contributed by atoms with E-state index in [4.69, 9.17) is 4.74 Å².